The van der Waals surface area contributed by atoms with E-state index in [9.17, 15) is 0 Å². The van der Waals surface area contributed by atoms with Gasteiger partial charge in [-0.15, -0.1) is 5.10 Å². The van der Waals surface area contributed by atoms with Gasteiger partial charge in [0, 0.05) is 35.9 Å². The van der Waals surface area contributed by atoms with Crippen LogP contribution in [0.4, 0.5) is 0 Å². The Morgan fingerprint density at radius 2 is 1.68 bits per heavy atom. The van der Waals surface area contributed by atoms with E-state index in [-0.39, 0.29) is 0 Å². The summed E-state index contributed by atoms with van der Waals surface area (Å²) in [7, 11) is 0. The van der Waals surface area contributed by atoms with Crippen molar-refractivity contribution in [3.63, 3.8) is 0 Å². The first-order valence-corrected chi connectivity index (χ1v) is 12.6. The van der Waals surface area contributed by atoms with Gasteiger partial charge in [0.05, 0.1) is 5.69 Å². The van der Waals surface area contributed by atoms with Crippen molar-refractivity contribution < 1.29 is 0 Å². The number of nitrogens with one attached hydrogen (secondary N) is 1. The average molecular weight is 469 g/mol. The molecule has 5 aromatic rings. The van der Waals surface area contributed by atoms with Gasteiger partial charge >= 0.3 is 0 Å². The number of benzene rings is 3. The number of hydrogen-bond acceptors (Lipinski definition) is 5. The van der Waals surface area contributed by atoms with E-state index in [1.54, 1.807) is 16.4 Å². The van der Waals surface area contributed by atoms with Crippen molar-refractivity contribution in [3.8, 4) is 5.69 Å². The highest BCUT2D eigenvalue weighted by Crippen LogP contribution is 2.23. The summed E-state index contributed by atoms with van der Waals surface area (Å²) < 4.78 is 4.16. The Kier molecular flexibility index (Phi) is 7.02. The number of thioether (sulfide) groups is 1. The fraction of sp³-hybridized carbons (Fsp3) is 0.222. The van der Waals surface area contributed by atoms with Crippen LogP contribution < -0.4 is 5.32 Å². The normalized spacial score (nSPS) is 11.3. The highest BCUT2D eigenvalue weighted by molar-refractivity contribution is 7.99. The van der Waals surface area contributed by atoms with E-state index in [0.717, 1.165) is 42.7 Å². The fourth-order valence-electron chi connectivity index (χ4n) is 4.15. The molecule has 6 nitrogen and oxygen atoms in total. The molecule has 0 bridgehead atoms. The topological polar surface area (TPSA) is 60.6 Å². The molecular formula is C27H28N6S. The first kappa shape index (κ1) is 22.4. The summed E-state index contributed by atoms with van der Waals surface area (Å²) in [5.74, 6) is 0.954. The molecular weight excluding hydrogens is 440 g/mol. The zero-order valence-corrected chi connectivity index (χ0v) is 20.1. The van der Waals surface area contributed by atoms with Crippen LogP contribution in [0.25, 0.3) is 16.6 Å². The molecule has 0 atom stereocenters. The van der Waals surface area contributed by atoms with Gasteiger partial charge in [-0.25, -0.2) is 0 Å². The van der Waals surface area contributed by atoms with Gasteiger partial charge in [-0.05, 0) is 65.2 Å². The Morgan fingerprint density at radius 1 is 0.882 bits per heavy atom. The van der Waals surface area contributed by atoms with Gasteiger partial charge in [-0.2, -0.15) is 4.68 Å². The molecule has 0 spiro atoms. The summed E-state index contributed by atoms with van der Waals surface area (Å²) in [5.41, 5.74) is 6.29. The van der Waals surface area contributed by atoms with Crippen LogP contribution in [0.5, 0.6) is 0 Å². The summed E-state index contributed by atoms with van der Waals surface area (Å²) in [6.07, 6.45) is 3.33. The highest BCUT2D eigenvalue weighted by Gasteiger charge is 2.10. The number of para-hydroxylation sites is 2. The van der Waals surface area contributed by atoms with Gasteiger partial charge in [-0.3, -0.25) is 0 Å². The summed E-state index contributed by atoms with van der Waals surface area (Å²) >= 11 is 1.69. The zero-order valence-electron chi connectivity index (χ0n) is 19.3. The van der Waals surface area contributed by atoms with Crippen molar-refractivity contribution in [2.75, 3.05) is 12.3 Å². The molecule has 0 radical (unpaired) electrons. The lowest BCUT2D eigenvalue weighted by Crippen LogP contribution is -2.15. The second kappa shape index (κ2) is 10.7. The molecule has 0 saturated carbocycles. The second-order valence-corrected chi connectivity index (χ2v) is 9.38. The molecule has 2 heterocycles. The first-order valence-electron chi connectivity index (χ1n) is 11.6. The lowest BCUT2D eigenvalue weighted by Gasteiger charge is -2.08. The third-order valence-electron chi connectivity index (χ3n) is 5.96. The average Bonchev–Trinajstić information content (AvgIpc) is 3.48. The van der Waals surface area contributed by atoms with Crippen LogP contribution in [0.1, 0.15) is 23.1 Å². The Hall–Kier alpha value is -3.42. The molecule has 0 saturated heterocycles. The van der Waals surface area contributed by atoms with E-state index in [2.05, 4.69) is 87.1 Å². The monoisotopic (exact) mass is 468 g/mol. The van der Waals surface area contributed by atoms with E-state index < -0.39 is 0 Å². The maximum absolute atomic E-state index is 4.18. The molecule has 0 unspecified atom stereocenters. The second-order valence-electron chi connectivity index (χ2n) is 8.31. The highest BCUT2D eigenvalue weighted by atomic mass is 32.2. The van der Waals surface area contributed by atoms with E-state index in [0.29, 0.717) is 0 Å². The largest absolute Gasteiger partial charge is 0.343 e. The number of hydrogen-bond donors (Lipinski definition) is 1. The number of fused-ring (bicyclic) bond motifs is 1. The summed E-state index contributed by atoms with van der Waals surface area (Å²) in [6, 6.07) is 27.3. The minimum atomic E-state index is 0.825. The van der Waals surface area contributed by atoms with E-state index in [4.69, 9.17) is 0 Å². The SMILES string of the molecule is Cc1ccccc1Cn1cc(CNCCCSc2nnnn2-c2ccccc2)c2ccccc21. The van der Waals surface area contributed by atoms with E-state index in [1.807, 2.05) is 30.3 Å². The Morgan fingerprint density at radius 3 is 2.56 bits per heavy atom. The summed E-state index contributed by atoms with van der Waals surface area (Å²) in [4.78, 5) is 0. The number of aryl methyl sites for hydroxylation is 1. The number of tetrazole rings is 1. The Balaban J connectivity index is 1.16. The number of aromatic nitrogens is 5. The molecule has 3 aromatic carbocycles. The van der Waals surface area contributed by atoms with Crippen LogP contribution in [0.15, 0.2) is 90.2 Å². The van der Waals surface area contributed by atoms with Crippen molar-refractivity contribution in [2.24, 2.45) is 0 Å². The predicted molar refractivity (Wildman–Crippen MR) is 138 cm³/mol. The van der Waals surface area contributed by atoms with Gasteiger partial charge in [0.15, 0.2) is 0 Å². The minimum Gasteiger partial charge on any atom is -0.343 e. The molecule has 0 aliphatic heterocycles. The molecule has 7 heteroatoms. The van der Waals surface area contributed by atoms with Crippen molar-refractivity contribution in [1.82, 2.24) is 30.1 Å². The van der Waals surface area contributed by atoms with Gasteiger partial charge < -0.3 is 9.88 Å². The van der Waals surface area contributed by atoms with Crippen LogP contribution in [0.3, 0.4) is 0 Å². The van der Waals surface area contributed by atoms with Crippen LogP contribution >= 0.6 is 11.8 Å². The molecule has 0 fully saturated rings. The molecule has 172 valence electrons. The summed E-state index contributed by atoms with van der Waals surface area (Å²) in [6.45, 7) is 4.87. The van der Waals surface area contributed by atoms with Crippen molar-refractivity contribution >= 4 is 22.7 Å². The zero-order chi connectivity index (χ0) is 23.2. The third-order valence-corrected chi connectivity index (χ3v) is 6.96. The Labute approximate surface area is 204 Å². The Bertz CT molecular complexity index is 1360. The molecule has 2 aromatic heterocycles. The van der Waals surface area contributed by atoms with Crippen LogP contribution in [-0.2, 0) is 13.1 Å². The molecule has 34 heavy (non-hydrogen) atoms. The smallest absolute Gasteiger partial charge is 0.214 e. The van der Waals surface area contributed by atoms with Gasteiger partial charge in [0.1, 0.15) is 0 Å². The van der Waals surface area contributed by atoms with E-state index >= 15 is 0 Å². The van der Waals surface area contributed by atoms with Gasteiger partial charge in [0.25, 0.3) is 0 Å². The van der Waals surface area contributed by atoms with Crippen molar-refractivity contribution in [1.29, 1.82) is 0 Å². The number of nitrogens with zero attached hydrogens (tertiary/aromatic N) is 5. The van der Waals surface area contributed by atoms with E-state index in [1.165, 1.54) is 27.6 Å². The van der Waals surface area contributed by atoms with Crippen molar-refractivity contribution in [3.05, 3.63) is 102 Å². The lowest BCUT2D eigenvalue weighted by molar-refractivity contribution is 0.677. The molecule has 0 aliphatic carbocycles. The van der Waals surface area contributed by atoms with Crippen LogP contribution in [-0.4, -0.2) is 37.1 Å². The minimum absolute atomic E-state index is 0.825. The molecule has 0 amide bonds. The molecule has 1 N–H and O–H groups in total. The first-order chi connectivity index (χ1) is 16.8. The predicted octanol–water partition coefficient (Wildman–Crippen LogP) is 5.25. The molecule has 5 rings (SSSR count). The third kappa shape index (κ3) is 5.05. The van der Waals surface area contributed by atoms with Gasteiger partial charge in [-0.1, -0.05) is 72.4 Å². The maximum atomic E-state index is 4.18. The maximum Gasteiger partial charge on any atom is 0.214 e. The number of rotatable bonds is 10. The summed E-state index contributed by atoms with van der Waals surface area (Å²) in [5, 5.41) is 17.9. The molecule has 0 aliphatic rings. The van der Waals surface area contributed by atoms with Gasteiger partial charge in [0.2, 0.25) is 5.16 Å². The quantitative estimate of drug-likeness (QED) is 0.224. The fourth-order valence-corrected chi connectivity index (χ4v) is 4.98. The van der Waals surface area contributed by atoms with Crippen molar-refractivity contribution in [2.45, 2.75) is 31.6 Å². The lowest BCUT2D eigenvalue weighted by atomic mass is 10.1. The standard InChI is InChI=1S/C27H28N6S/c1-21-10-5-6-11-22(21)19-32-20-23(25-14-7-8-15-26(25)32)18-28-16-9-17-34-27-29-30-31-33(27)24-12-3-2-4-13-24/h2-8,10-15,20,28H,9,16-19H2,1H3. The van der Waals surface area contributed by atoms with Crippen LogP contribution in [0, 0.1) is 6.92 Å². The van der Waals surface area contributed by atoms with Crippen LogP contribution in [0.2, 0.25) is 0 Å².